The predicted octanol–water partition coefficient (Wildman–Crippen LogP) is 2.38. The molecule has 0 aliphatic carbocycles. The monoisotopic (exact) mass is 4050 g/mol. The first-order valence-electron chi connectivity index (χ1n) is 0. The Balaban J connectivity index is 0. The molecular formula is H6Cl6Zn60+120. The van der Waals surface area contributed by atoms with Gasteiger partial charge in [0.1, 0.15) is 0 Å². The topological polar surface area (TPSA) is 0 Å². The van der Waals surface area contributed by atoms with Crippen LogP contribution in [0.25, 0.3) is 0 Å². The van der Waals surface area contributed by atoms with Crippen molar-refractivity contribution in [2.75, 3.05) is 0 Å². The summed E-state index contributed by atoms with van der Waals surface area (Å²) >= 11 is 0. The van der Waals surface area contributed by atoms with Gasteiger partial charge < -0.3 is 0 Å². The van der Waals surface area contributed by atoms with Gasteiger partial charge in [-0.25, -0.2) is 0 Å². The molecule has 0 unspecified atom stereocenters. The third-order valence-corrected chi connectivity index (χ3v) is 0. The summed E-state index contributed by atoms with van der Waals surface area (Å²) in [6, 6.07) is 0. The Morgan fingerprint density at radius 1 is 0.0303 bits per heavy atom. The van der Waals surface area contributed by atoms with Crippen molar-refractivity contribution in [2.45, 2.75) is 0 Å². The Kier molecular flexibility index (Phi) is 8150. The summed E-state index contributed by atoms with van der Waals surface area (Å²) in [7, 11) is 0. The van der Waals surface area contributed by atoms with Crippen LogP contribution in [-0.4, -0.2) is 0 Å². The van der Waals surface area contributed by atoms with Crippen molar-refractivity contribution < 1.29 is 1170 Å². The SMILES string of the molecule is Cl.Cl.Cl.Cl.Cl.Cl.[Zn+2].[Zn+2].[Zn+2].[Zn+2].[Zn+2].[Zn+2].[Zn+2].[Zn+2].[Zn+2].[Zn+2].[Zn+2].[Zn+2].[Zn+2].[Zn+2].[Zn+2].[Zn+2].[Zn+2].[Zn+2].[Zn+2].[Zn+2].[Zn+2].[Zn+2].[Zn+2].[Zn+2].[Zn+2].[Zn+2].[Zn+2].[Zn+2].[Zn+2].[Zn+2].[Zn+2].[Zn+2].[Zn+2].[Zn+2].[Zn+2].[Zn+2].[Zn+2].[Zn+2].[Zn+2].[Zn+2].[Zn+2].[Zn+2].[Zn+2].[Zn+2].[Zn+2].[Zn+2].[Zn+2].[Zn+2].[Zn+2].[Zn+2].[Zn+2].[Zn+2].[Zn+2].[Zn+2].[Zn+2].[Zn+2].[Zn+2].[Zn+2].[Zn+2].[Zn+2]. The molecule has 0 aliphatic rings. The van der Waals surface area contributed by atoms with E-state index in [9.17, 15) is 0 Å². The van der Waals surface area contributed by atoms with E-state index in [1.807, 2.05) is 0 Å². The Labute approximate surface area is 1210 Å². The fraction of sp³-hybridized carbons (Fsp3) is 0. The molecule has 66 heavy (non-hydrogen) atoms. The van der Waals surface area contributed by atoms with E-state index < -0.39 is 0 Å². The average molecular weight is 4140 g/mol. The van der Waals surface area contributed by atoms with Gasteiger partial charge in [-0.2, -0.15) is 0 Å². The summed E-state index contributed by atoms with van der Waals surface area (Å²) in [6.07, 6.45) is 0. The number of rotatable bonds is 0. The van der Waals surface area contributed by atoms with Gasteiger partial charge in [0, 0.05) is 0 Å². The number of hydrogen-bond acceptors (Lipinski definition) is 0. The van der Waals surface area contributed by atoms with Gasteiger partial charge in [0.15, 0.2) is 0 Å². The molecule has 0 radical (unpaired) electrons. The van der Waals surface area contributed by atoms with Gasteiger partial charge in [0.05, 0.1) is 0 Å². The fourth-order valence-electron chi connectivity index (χ4n) is 0. The number of halogens is 6. The maximum Gasteiger partial charge on any atom is 2.00 e. The van der Waals surface area contributed by atoms with Gasteiger partial charge in [0.25, 0.3) is 0 Å². The molecule has 0 aromatic carbocycles. The summed E-state index contributed by atoms with van der Waals surface area (Å²) in [5.74, 6) is 0. The maximum atomic E-state index is 0. The van der Waals surface area contributed by atoms with Crippen LogP contribution in [0.3, 0.4) is 0 Å². The second-order valence-electron chi connectivity index (χ2n) is 0. The van der Waals surface area contributed by atoms with Crippen molar-refractivity contribution >= 4 is 74.4 Å². The molecule has 48 valence electrons. The van der Waals surface area contributed by atoms with Crippen LogP contribution in [0.1, 0.15) is 0 Å². The Hall–Kier alpha value is 39.1. The molecule has 0 rings (SSSR count). The second kappa shape index (κ2) is 723. The van der Waals surface area contributed by atoms with Crippen LogP contribution in [0.4, 0.5) is 0 Å². The Morgan fingerprint density at radius 3 is 0.0303 bits per heavy atom. The first-order chi connectivity index (χ1) is 0. The molecule has 0 heterocycles. The summed E-state index contributed by atoms with van der Waals surface area (Å²) < 4.78 is 0. The largest absolute Gasteiger partial charge is 2.00 e. The standard InChI is InChI=1S/6ClH.60Zn/h6*1H;;;;;;;;;;;;;;;;;;;;;;;;;;;;;;;;;;;;;;;;;;;;;;;;;;;;;;;;;;;;/q;;;;;;60*+2. The van der Waals surface area contributed by atoms with Gasteiger partial charge in [-0.1, -0.05) is 0 Å². The Bertz CT molecular complexity index is 29.0. The zero-order valence-corrected chi connectivity index (χ0v) is 228. The summed E-state index contributed by atoms with van der Waals surface area (Å²) in [5.41, 5.74) is 0. The predicted molar refractivity (Wildman–Crippen MR) is 43.5 cm³/mol. The molecule has 0 saturated carbocycles. The van der Waals surface area contributed by atoms with E-state index in [0.717, 1.165) is 0 Å². The van der Waals surface area contributed by atoms with E-state index in [1.54, 1.807) is 0 Å². The van der Waals surface area contributed by atoms with Crippen LogP contribution in [0.5, 0.6) is 0 Å². The minimum Gasteiger partial charge on any atom is -0.147 e. The fourth-order valence-corrected chi connectivity index (χ4v) is 0. The van der Waals surface area contributed by atoms with Gasteiger partial charge in [0.2, 0.25) is 0 Å². The van der Waals surface area contributed by atoms with E-state index in [1.165, 1.54) is 0 Å². The van der Waals surface area contributed by atoms with E-state index in [-0.39, 0.29) is 1240 Å². The third kappa shape index (κ3) is 702. The molecule has 0 N–H and O–H groups in total. The number of hydrogen-bond donors (Lipinski definition) is 0. The van der Waals surface area contributed by atoms with Crippen LogP contribution in [0.2, 0.25) is 0 Å². The quantitative estimate of drug-likeness (QED) is 0.328. The van der Waals surface area contributed by atoms with E-state index in [0.29, 0.717) is 0 Å². The van der Waals surface area contributed by atoms with Crippen LogP contribution < -0.4 is 0 Å². The van der Waals surface area contributed by atoms with Crippen molar-refractivity contribution in [3.8, 4) is 0 Å². The van der Waals surface area contributed by atoms with Crippen molar-refractivity contribution in [3.05, 3.63) is 0 Å². The van der Waals surface area contributed by atoms with Gasteiger partial charge in [-0.15, -0.1) is 74.4 Å². The van der Waals surface area contributed by atoms with Crippen molar-refractivity contribution in [1.29, 1.82) is 0 Å². The minimum absolute atomic E-state index is 0. The molecule has 0 saturated heterocycles. The van der Waals surface area contributed by atoms with Crippen molar-refractivity contribution in [3.63, 3.8) is 0 Å². The van der Waals surface area contributed by atoms with E-state index >= 15 is 0 Å². The van der Waals surface area contributed by atoms with E-state index in [4.69, 9.17) is 0 Å². The van der Waals surface area contributed by atoms with Crippen LogP contribution in [-0.2, 0) is 1170 Å². The molecule has 0 aromatic rings. The Morgan fingerprint density at radius 2 is 0.0303 bits per heavy atom. The summed E-state index contributed by atoms with van der Waals surface area (Å²) in [4.78, 5) is 0. The second-order valence-corrected chi connectivity index (χ2v) is 0. The third-order valence-electron chi connectivity index (χ3n) is 0. The molecular weight excluding hydrogens is 4140 g/mol. The van der Waals surface area contributed by atoms with Crippen LogP contribution in [0.15, 0.2) is 0 Å². The summed E-state index contributed by atoms with van der Waals surface area (Å²) in [5, 5.41) is 0. The molecule has 0 nitrogen and oxygen atoms in total. The molecule has 0 amide bonds. The molecule has 0 aromatic heterocycles. The smallest absolute Gasteiger partial charge is 0.147 e. The molecule has 0 fully saturated rings. The van der Waals surface area contributed by atoms with Crippen molar-refractivity contribution in [1.82, 2.24) is 0 Å². The summed E-state index contributed by atoms with van der Waals surface area (Å²) in [6.45, 7) is 0. The molecule has 0 aliphatic heterocycles. The first-order valence-corrected chi connectivity index (χ1v) is 0. The van der Waals surface area contributed by atoms with Gasteiger partial charge in [-0.3, -0.25) is 0 Å². The molecule has 0 spiro atoms. The molecule has 0 atom stereocenters. The van der Waals surface area contributed by atoms with Crippen molar-refractivity contribution in [2.24, 2.45) is 0 Å². The van der Waals surface area contributed by atoms with Crippen LogP contribution in [0, 0.1) is 0 Å². The maximum absolute atomic E-state index is 0. The normalized spacial score (nSPS) is 0. The molecule has 66 heteroatoms. The molecule has 0 bridgehead atoms. The van der Waals surface area contributed by atoms with Gasteiger partial charge >= 0.3 is 1170 Å². The average Bonchev–Trinajstić information content (AvgIpc) is 0. The van der Waals surface area contributed by atoms with Gasteiger partial charge in [-0.05, 0) is 0 Å². The first kappa shape index (κ1) is 744. The zero-order chi connectivity index (χ0) is 0. The minimum atomic E-state index is 0. The van der Waals surface area contributed by atoms with E-state index in [2.05, 4.69) is 0 Å². The zero-order valence-electron chi connectivity index (χ0n) is 44.9. The van der Waals surface area contributed by atoms with Crippen LogP contribution >= 0.6 is 74.4 Å².